The van der Waals surface area contributed by atoms with E-state index in [-0.39, 0.29) is 58.2 Å². The minimum atomic E-state index is -0.715. The van der Waals surface area contributed by atoms with Gasteiger partial charge in [0.15, 0.2) is 5.97 Å². The molecule has 1 rings (SSSR count). The first kappa shape index (κ1) is 12.1. The Labute approximate surface area is 116 Å². The largest absolute Gasteiger partial charge is 1.00 e. The third-order valence-electron chi connectivity index (χ3n) is 1.89. The summed E-state index contributed by atoms with van der Waals surface area (Å²) in [5.74, 6) is -0.0359. The van der Waals surface area contributed by atoms with Crippen LogP contribution in [0.3, 0.4) is 0 Å². The number of carbonyl (C=O) groups is 1. The zero-order valence-electron chi connectivity index (χ0n) is 7.13. The molecule has 0 aromatic carbocycles. The summed E-state index contributed by atoms with van der Waals surface area (Å²) in [6, 6.07) is 0. The van der Waals surface area contributed by atoms with Crippen molar-refractivity contribution in [1.82, 2.24) is 4.90 Å². The van der Waals surface area contributed by atoms with Crippen LogP contribution in [0.2, 0.25) is 0 Å². The fraction of sp³-hybridized carbons (Fsp3) is 0.714. The van der Waals surface area contributed by atoms with Crippen LogP contribution >= 0.6 is 0 Å². The van der Waals surface area contributed by atoms with Crippen molar-refractivity contribution in [2.24, 2.45) is 0 Å². The molecule has 11 heavy (non-hydrogen) atoms. The van der Waals surface area contributed by atoms with Crippen LogP contribution < -0.4 is 58.2 Å². The normalized spacial score (nSPS) is 19.2. The van der Waals surface area contributed by atoms with Gasteiger partial charge >= 0.3 is 58.2 Å². The summed E-state index contributed by atoms with van der Waals surface area (Å²) in [4.78, 5) is 12.6. The van der Waals surface area contributed by atoms with Crippen molar-refractivity contribution in [2.75, 3.05) is 20.1 Å². The number of nitrogens with zero attached hydrogens (tertiary/aromatic N) is 1. The van der Waals surface area contributed by atoms with E-state index in [1.807, 2.05) is 7.05 Å². The SMILES string of the molecule is CN1CC[C-](C(=O)O)CC1.[Rb+]. The molecule has 0 radical (unpaired) electrons. The topological polar surface area (TPSA) is 40.5 Å². The van der Waals surface area contributed by atoms with Gasteiger partial charge in [0.25, 0.3) is 0 Å². The molecule has 1 aliphatic heterocycles. The molecule has 1 saturated heterocycles. The first-order valence-corrected chi connectivity index (χ1v) is 3.46. The molecule has 0 aliphatic carbocycles. The molecule has 0 bridgehead atoms. The number of rotatable bonds is 1. The van der Waals surface area contributed by atoms with Crippen LogP contribution in [0.5, 0.6) is 0 Å². The van der Waals surface area contributed by atoms with Crippen LogP contribution in [-0.4, -0.2) is 36.1 Å². The van der Waals surface area contributed by atoms with Gasteiger partial charge in [-0.3, -0.25) is 10.7 Å². The monoisotopic (exact) mass is 227 g/mol. The summed E-state index contributed by atoms with van der Waals surface area (Å²) < 4.78 is 0. The molecule has 1 N–H and O–H groups in total. The van der Waals surface area contributed by atoms with Gasteiger partial charge in [-0.15, -0.1) is 12.8 Å². The molecule has 0 amide bonds. The smallest absolute Gasteiger partial charge is 0.503 e. The Hall–Kier alpha value is 1.11. The molecule has 4 heteroatoms. The van der Waals surface area contributed by atoms with E-state index < -0.39 is 5.97 Å². The maximum atomic E-state index is 10.4. The van der Waals surface area contributed by atoms with Crippen LogP contribution in [0, 0.1) is 5.92 Å². The van der Waals surface area contributed by atoms with Gasteiger partial charge in [-0.25, -0.2) is 0 Å². The van der Waals surface area contributed by atoms with E-state index in [0.29, 0.717) is 5.92 Å². The van der Waals surface area contributed by atoms with E-state index in [2.05, 4.69) is 4.90 Å². The van der Waals surface area contributed by atoms with Gasteiger partial charge < -0.3 is 10.0 Å². The second-order valence-electron chi connectivity index (χ2n) is 2.71. The van der Waals surface area contributed by atoms with Crippen molar-refractivity contribution in [3.05, 3.63) is 5.92 Å². The average Bonchev–Trinajstić information content (AvgIpc) is 1.88. The summed E-state index contributed by atoms with van der Waals surface area (Å²) in [5.41, 5.74) is 0. The van der Waals surface area contributed by atoms with Crippen LogP contribution in [0.1, 0.15) is 12.8 Å². The van der Waals surface area contributed by atoms with Gasteiger partial charge in [0.05, 0.1) is 0 Å². The summed E-state index contributed by atoms with van der Waals surface area (Å²) in [5, 5.41) is 8.57. The molecule has 0 saturated carbocycles. The average molecular weight is 228 g/mol. The number of hydrogen-bond acceptors (Lipinski definition) is 2. The Morgan fingerprint density at radius 2 is 1.91 bits per heavy atom. The third-order valence-corrected chi connectivity index (χ3v) is 1.89. The molecule has 0 atom stereocenters. The number of aliphatic carboxylic acids is 1. The van der Waals surface area contributed by atoms with E-state index in [1.54, 1.807) is 0 Å². The Morgan fingerprint density at radius 3 is 2.27 bits per heavy atom. The molecule has 1 heterocycles. The fourth-order valence-corrected chi connectivity index (χ4v) is 1.10. The molecule has 0 aromatic heterocycles. The predicted octanol–water partition coefficient (Wildman–Crippen LogP) is -2.62. The standard InChI is InChI=1S/C7H12NO2.Rb/c1-8-4-2-6(3-5-8)7(9)10;/h2-5H2,1H3,(H,9,10);/q-1;+1. The predicted molar refractivity (Wildman–Crippen MR) is 37.6 cm³/mol. The van der Waals surface area contributed by atoms with Crippen LogP contribution in [0.15, 0.2) is 0 Å². The number of carboxylic acids is 1. The molecule has 3 nitrogen and oxygen atoms in total. The summed E-state index contributed by atoms with van der Waals surface area (Å²) in [6.45, 7) is 1.78. The number of hydrogen-bond donors (Lipinski definition) is 1. The molecule has 0 unspecified atom stereocenters. The van der Waals surface area contributed by atoms with Crippen molar-refractivity contribution in [1.29, 1.82) is 0 Å². The number of likely N-dealkylation sites (tertiary alicyclic amines) is 1. The maximum Gasteiger partial charge on any atom is 1.00 e. The van der Waals surface area contributed by atoms with E-state index in [4.69, 9.17) is 5.11 Å². The van der Waals surface area contributed by atoms with Crippen molar-refractivity contribution in [2.45, 2.75) is 12.8 Å². The second-order valence-corrected chi connectivity index (χ2v) is 2.71. The van der Waals surface area contributed by atoms with Crippen molar-refractivity contribution >= 4 is 5.97 Å². The minimum absolute atomic E-state index is 0. The van der Waals surface area contributed by atoms with Gasteiger partial charge in [0.2, 0.25) is 0 Å². The maximum absolute atomic E-state index is 10.4. The van der Waals surface area contributed by atoms with Gasteiger partial charge in [0, 0.05) is 0 Å². The van der Waals surface area contributed by atoms with E-state index >= 15 is 0 Å². The quantitative estimate of drug-likeness (QED) is 0.499. The summed E-state index contributed by atoms with van der Waals surface area (Å²) >= 11 is 0. The van der Waals surface area contributed by atoms with Crippen molar-refractivity contribution in [3.8, 4) is 0 Å². The van der Waals surface area contributed by atoms with Gasteiger partial charge in [-0.1, -0.05) is 0 Å². The van der Waals surface area contributed by atoms with E-state index in [9.17, 15) is 4.79 Å². The number of carboxylic acid groups (broad SMARTS) is 1. The van der Waals surface area contributed by atoms with Gasteiger partial charge in [-0.2, -0.15) is 0 Å². The van der Waals surface area contributed by atoms with E-state index in [1.165, 1.54) is 0 Å². The molecule has 58 valence electrons. The van der Waals surface area contributed by atoms with E-state index in [0.717, 1.165) is 25.9 Å². The van der Waals surface area contributed by atoms with Gasteiger partial charge in [-0.05, 0) is 20.1 Å². The summed E-state index contributed by atoms with van der Waals surface area (Å²) in [6.07, 6.45) is 1.46. The molecular weight excluding hydrogens is 216 g/mol. The molecule has 1 fully saturated rings. The Bertz CT molecular complexity index is 132. The Morgan fingerprint density at radius 1 is 1.45 bits per heavy atom. The molecule has 0 spiro atoms. The third kappa shape index (κ3) is 4.04. The Kier molecular flexibility index (Phi) is 6.27. The van der Waals surface area contributed by atoms with Gasteiger partial charge in [0.1, 0.15) is 0 Å². The van der Waals surface area contributed by atoms with Crippen LogP contribution in [0.25, 0.3) is 0 Å². The zero-order valence-corrected chi connectivity index (χ0v) is 12.0. The molecular formula is C7H12NO2Rb. The molecule has 0 aromatic rings. The zero-order chi connectivity index (χ0) is 7.56. The second kappa shape index (κ2) is 5.70. The summed E-state index contributed by atoms with van der Waals surface area (Å²) in [7, 11) is 2.01. The number of piperidine rings is 1. The van der Waals surface area contributed by atoms with Crippen LogP contribution in [-0.2, 0) is 4.79 Å². The molecule has 1 aliphatic rings. The Balaban J connectivity index is 0.000001000. The van der Waals surface area contributed by atoms with Crippen LogP contribution in [0.4, 0.5) is 0 Å². The first-order chi connectivity index (χ1) is 4.70. The fourth-order valence-electron chi connectivity index (χ4n) is 1.10. The van der Waals surface area contributed by atoms with Crippen molar-refractivity contribution < 1.29 is 68.1 Å². The minimum Gasteiger partial charge on any atom is -0.503 e. The first-order valence-electron chi connectivity index (χ1n) is 3.46. The van der Waals surface area contributed by atoms with Crippen molar-refractivity contribution in [3.63, 3.8) is 0 Å².